The van der Waals surface area contributed by atoms with Gasteiger partial charge in [0.2, 0.25) is 5.91 Å². The van der Waals surface area contributed by atoms with Gasteiger partial charge in [0, 0.05) is 19.0 Å². The summed E-state index contributed by atoms with van der Waals surface area (Å²) in [6.07, 6.45) is -1.03. The third-order valence-electron chi connectivity index (χ3n) is 2.56. The van der Waals surface area contributed by atoms with Crippen LogP contribution in [0, 0.1) is 0 Å². The Morgan fingerprint density at radius 3 is 2.79 bits per heavy atom. The van der Waals surface area contributed by atoms with E-state index >= 15 is 0 Å². The molecular weight excluding hydrogens is 254 g/mol. The number of hydrogen-bond donors (Lipinski definition) is 4. The average molecular weight is 271 g/mol. The number of esters is 1. The van der Waals surface area contributed by atoms with Crippen molar-refractivity contribution >= 4 is 11.9 Å². The van der Waals surface area contributed by atoms with E-state index in [-0.39, 0.29) is 30.1 Å². The summed E-state index contributed by atoms with van der Waals surface area (Å²) >= 11 is 0. The lowest BCUT2D eigenvalue weighted by atomic mass is 10.0. The molecule has 8 heteroatoms. The second-order valence-corrected chi connectivity index (χ2v) is 3.98. The van der Waals surface area contributed by atoms with E-state index < -0.39 is 18.2 Å². The molecule has 0 radical (unpaired) electrons. The van der Waals surface area contributed by atoms with Crippen LogP contribution in [-0.2, 0) is 9.53 Å². The summed E-state index contributed by atoms with van der Waals surface area (Å²) in [4.78, 5) is 22.1. The largest absolute Gasteiger partial charge is 0.464 e. The Morgan fingerprint density at radius 2 is 2.21 bits per heavy atom. The molecule has 1 aromatic heterocycles. The van der Waals surface area contributed by atoms with Crippen LogP contribution < -0.4 is 5.32 Å². The number of amides is 1. The van der Waals surface area contributed by atoms with Crippen LogP contribution in [0.5, 0.6) is 0 Å². The molecule has 0 aromatic carbocycles. The zero-order valence-corrected chi connectivity index (χ0v) is 10.7. The van der Waals surface area contributed by atoms with E-state index in [1.54, 1.807) is 0 Å². The van der Waals surface area contributed by atoms with Crippen LogP contribution in [0.4, 0.5) is 0 Å². The van der Waals surface area contributed by atoms with Gasteiger partial charge in [-0.05, 0) is 6.42 Å². The predicted molar refractivity (Wildman–Crippen MR) is 64.2 cm³/mol. The molecule has 0 aliphatic carbocycles. The highest BCUT2D eigenvalue weighted by molar-refractivity contribution is 5.88. The number of aromatic nitrogens is 2. The number of aromatic amines is 1. The molecule has 0 fully saturated rings. The average Bonchev–Trinajstić information content (AvgIpc) is 2.85. The first-order valence-corrected chi connectivity index (χ1v) is 5.69. The third-order valence-corrected chi connectivity index (χ3v) is 2.56. The van der Waals surface area contributed by atoms with Crippen LogP contribution in [-0.4, -0.2) is 52.0 Å². The van der Waals surface area contributed by atoms with Gasteiger partial charge in [-0.25, -0.2) is 4.79 Å². The minimum Gasteiger partial charge on any atom is -0.464 e. The Morgan fingerprint density at radius 1 is 1.53 bits per heavy atom. The van der Waals surface area contributed by atoms with Gasteiger partial charge >= 0.3 is 5.97 Å². The van der Waals surface area contributed by atoms with Gasteiger partial charge in [0.1, 0.15) is 11.8 Å². The van der Waals surface area contributed by atoms with Crippen LogP contribution in [0.3, 0.4) is 0 Å². The second kappa shape index (κ2) is 6.86. The van der Waals surface area contributed by atoms with Gasteiger partial charge in [0.25, 0.3) is 0 Å². The van der Waals surface area contributed by atoms with Gasteiger partial charge < -0.3 is 20.3 Å². The fraction of sp³-hybridized carbons (Fsp3) is 0.545. The summed E-state index contributed by atoms with van der Waals surface area (Å²) in [7, 11) is 1.20. The van der Waals surface area contributed by atoms with Gasteiger partial charge in [-0.1, -0.05) is 0 Å². The van der Waals surface area contributed by atoms with Crippen molar-refractivity contribution in [3.8, 4) is 0 Å². The van der Waals surface area contributed by atoms with Gasteiger partial charge in [0.05, 0.1) is 19.4 Å². The van der Waals surface area contributed by atoms with Crippen molar-refractivity contribution < 1.29 is 24.5 Å². The van der Waals surface area contributed by atoms with E-state index in [9.17, 15) is 19.8 Å². The first kappa shape index (κ1) is 15.1. The molecule has 0 saturated heterocycles. The lowest BCUT2D eigenvalue weighted by Crippen LogP contribution is -2.28. The van der Waals surface area contributed by atoms with Gasteiger partial charge in [-0.15, -0.1) is 0 Å². The van der Waals surface area contributed by atoms with Gasteiger partial charge in [0.15, 0.2) is 0 Å². The highest BCUT2D eigenvalue weighted by Gasteiger charge is 2.25. The molecular formula is C11H17N3O5. The van der Waals surface area contributed by atoms with Crippen LogP contribution in [0.15, 0.2) is 6.20 Å². The minimum absolute atomic E-state index is 0.00595. The molecule has 2 atom stereocenters. The predicted octanol–water partition coefficient (Wildman–Crippen LogP) is -0.883. The standard InChI is InChI=1S/C11H17N3O5/c1-6(15)12-4-3-8(16)10(17)7-5-13-14-9(7)11(18)19-2/h5,8,10,16-17H,3-4H2,1-2H3,(H,12,15)(H,13,14). The topological polar surface area (TPSA) is 125 Å². The summed E-state index contributed by atoms with van der Waals surface area (Å²) in [5.74, 6) is -0.902. The Labute approximate surface area is 109 Å². The first-order valence-electron chi connectivity index (χ1n) is 5.69. The summed E-state index contributed by atoms with van der Waals surface area (Å²) < 4.78 is 4.52. The molecule has 0 saturated carbocycles. The van der Waals surface area contributed by atoms with Crippen molar-refractivity contribution in [1.29, 1.82) is 0 Å². The SMILES string of the molecule is COC(=O)c1[nH]ncc1C(O)C(O)CCNC(C)=O. The lowest BCUT2D eigenvalue weighted by Gasteiger charge is -2.17. The summed E-state index contributed by atoms with van der Waals surface area (Å²) in [5.41, 5.74) is 0.149. The van der Waals surface area contributed by atoms with E-state index in [0.29, 0.717) is 0 Å². The third kappa shape index (κ3) is 4.04. The molecule has 4 N–H and O–H groups in total. The van der Waals surface area contributed by atoms with Gasteiger partial charge in [-0.2, -0.15) is 5.10 Å². The highest BCUT2D eigenvalue weighted by Crippen LogP contribution is 2.21. The van der Waals surface area contributed by atoms with Crippen molar-refractivity contribution in [2.45, 2.75) is 25.6 Å². The van der Waals surface area contributed by atoms with Crippen LogP contribution in [0.1, 0.15) is 35.5 Å². The highest BCUT2D eigenvalue weighted by atomic mass is 16.5. The van der Waals surface area contributed by atoms with E-state index in [2.05, 4.69) is 20.3 Å². The first-order chi connectivity index (χ1) is 8.97. The normalized spacial score (nSPS) is 13.7. The molecule has 1 aromatic rings. The van der Waals surface area contributed by atoms with E-state index in [0.717, 1.165) is 0 Å². The Kier molecular flexibility index (Phi) is 5.46. The quantitative estimate of drug-likeness (QED) is 0.498. The number of ether oxygens (including phenoxy) is 1. The molecule has 1 heterocycles. The maximum Gasteiger partial charge on any atom is 0.356 e. The fourth-order valence-electron chi connectivity index (χ4n) is 1.55. The number of aliphatic hydroxyl groups is 2. The molecule has 0 bridgehead atoms. The Bertz CT molecular complexity index is 445. The summed E-state index contributed by atoms with van der Waals surface area (Å²) in [5, 5.41) is 28.3. The number of carbonyl (C=O) groups is 2. The number of aliphatic hydroxyl groups excluding tert-OH is 2. The van der Waals surface area contributed by atoms with Crippen molar-refractivity contribution in [3.63, 3.8) is 0 Å². The number of nitrogens with zero attached hydrogens (tertiary/aromatic N) is 1. The monoisotopic (exact) mass is 271 g/mol. The molecule has 19 heavy (non-hydrogen) atoms. The Hall–Kier alpha value is -1.93. The lowest BCUT2D eigenvalue weighted by molar-refractivity contribution is -0.119. The van der Waals surface area contributed by atoms with Crippen molar-refractivity contribution in [2.24, 2.45) is 0 Å². The van der Waals surface area contributed by atoms with Crippen LogP contribution >= 0.6 is 0 Å². The van der Waals surface area contributed by atoms with Crippen molar-refractivity contribution in [2.75, 3.05) is 13.7 Å². The second-order valence-electron chi connectivity index (χ2n) is 3.98. The molecule has 1 amide bonds. The molecule has 0 aliphatic rings. The molecule has 2 unspecified atom stereocenters. The number of H-pyrrole nitrogens is 1. The van der Waals surface area contributed by atoms with Crippen LogP contribution in [0.2, 0.25) is 0 Å². The number of hydrogen-bond acceptors (Lipinski definition) is 6. The van der Waals surface area contributed by atoms with Crippen LogP contribution in [0.25, 0.3) is 0 Å². The molecule has 1 rings (SSSR count). The number of rotatable bonds is 6. The van der Waals surface area contributed by atoms with Crippen molar-refractivity contribution in [1.82, 2.24) is 15.5 Å². The zero-order valence-electron chi connectivity index (χ0n) is 10.7. The number of methoxy groups -OCH3 is 1. The summed E-state index contributed by atoms with van der Waals surface area (Å²) in [6.45, 7) is 1.58. The van der Waals surface area contributed by atoms with E-state index in [1.165, 1.54) is 20.2 Å². The summed E-state index contributed by atoms with van der Waals surface area (Å²) in [6, 6.07) is 0. The van der Waals surface area contributed by atoms with Crippen molar-refractivity contribution in [3.05, 3.63) is 17.5 Å². The molecule has 0 aliphatic heterocycles. The maximum absolute atomic E-state index is 11.4. The number of carbonyl (C=O) groups excluding carboxylic acids is 2. The Balaban J connectivity index is 2.66. The fourth-order valence-corrected chi connectivity index (χ4v) is 1.55. The maximum atomic E-state index is 11.4. The smallest absolute Gasteiger partial charge is 0.356 e. The van der Waals surface area contributed by atoms with E-state index in [1.807, 2.05) is 0 Å². The van der Waals surface area contributed by atoms with Gasteiger partial charge in [-0.3, -0.25) is 9.89 Å². The number of nitrogens with one attached hydrogen (secondary N) is 2. The van der Waals surface area contributed by atoms with E-state index in [4.69, 9.17) is 0 Å². The molecule has 0 spiro atoms. The minimum atomic E-state index is -1.29. The molecule has 8 nitrogen and oxygen atoms in total. The zero-order chi connectivity index (χ0) is 14.4. The molecule has 106 valence electrons.